The number of hydrogen-bond donors (Lipinski definition) is 2. The normalized spacial score (nSPS) is 22.4. The number of thioether (sulfide) groups is 1. The fourth-order valence-corrected chi connectivity index (χ4v) is 3.64. The monoisotopic (exact) mass is 260 g/mol. The van der Waals surface area contributed by atoms with Gasteiger partial charge in [0.2, 0.25) is 0 Å². The van der Waals surface area contributed by atoms with Crippen molar-refractivity contribution in [1.82, 2.24) is 5.32 Å². The molecule has 0 aromatic rings. The van der Waals surface area contributed by atoms with Crippen molar-refractivity contribution in [2.75, 3.05) is 6.26 Å². The Labute approximate surface area is 112 Å². The van der Waals surface area contributed by atoms with Crippen LogP contribution in [0.2, 0.25) is 0 Å². The van der Waals surface area contributed by atoms with E-state index in [9.17, 15) is 10.5 Å². The summed E-state index contributed by atoms with van der Waals surface area (Å²) in [6, 6.07) is 4.53. The van der Waals surface area contributed by atoms with Crippen LogP contribution in [0.15, 0.2) is 22.0 Å². The van der Waals surface area contributed by atoms with Crippen LogP contribution in [0.1, 0.15) is 32.1 Å². The van der Waals surface area contributed by atoms with E-state index in [0.29, 0.717) is 17.0 Å². The zero-order valence-corrected chi connectivity index (χ0v) is 11.2. The first-order chi connectivity index (χ1) is 8.69. The topological polar surface area (TPSA) is 85.6 Å². The molecule has 0 bridgehead atoms. The molecule has 1 aliphatic heterocycles. The Morgan fingerprint density at radius 2 is 1.78 bits per heavy atom. The quantitative estimate of drug-likeness (QED) is 0.755. The van der Waals surface area contributed by atoms with Crippen LogP contribution < -0.4 is 11.1 Å². The van der Waals surface area contributed by atoms with Gasteiger partial charge in [0.15, 0.2) is 0 Å². The van der Waals surface area contributed by atoms with Crippen molar-refractivity contribution in [2.24, 2.45) is 11.1 Å². The first-order valence-corrected chi connectivity index (χ1v) is 7.28. The van der Waals surface area contributed by atoms with Crippen LogP contribution in [0.4, 0.5) is 0 Å². The summed E-state index contributed by atoms with van der Waals surface area (Å²) in [4.78, 5) is 0. The van der Waals surface area contributed by atoms with Gasteiger partial charge in [0.1, 0.15) is 5.82 Å². The summed E-state index contributed by atoms with van der Waals surface area (Å²) in [7, 11) is 0. The van der Waals surface area contributed by atoms with Crippen molar-refractivity contribution in [3.8, 4) is 12.1 Å². The van der Waals surface area contributed by atoms with E-state index in [1.54, 1.807) is 0 Å². The second kappa shape index (κ2) is 4.96. The lowest BCUT2D eigenvalue weighted by Gasteiger charge is -2.40. The molecular weight excluding hydrogens is 244 g/mol. The van der Waals surface area contributed by atoms with Crippen LogP contribution in [-0.2, 0) is 0 Å². The molecular formula is C13H16N4S. The molecule has 1 heterocycles. The van der Waals surface area contributed by atoms with Crippen LogP contribution in [0.3, 0.4) is 0 Å². The van der Waals surface area contributed by atoms with E-state index in [2.05, 4.69) is 17.5 Å². The van der Waals surface area contributed by atoms with Crippen molar-refractivity contribution >= 4 is 11.8 Å². The molecule has 0 aromatic heterocycles. The van der Waals surface area contributed by atoms with E-state index in [4.69, 9.17) is 5.73 Å². The average molecular weight is 260 g/mol. The maximum atomic E-state index is 9.48. The predicted molar refractivity (Wildman–Crippen MR) is 71.6 cm³/mol. The molecule has 1 spiro atoms. The van der Waals surface area contributed by atoms with Gasteiger partial charge in [-0.15, -0.1) is 11.8 Å². The largest absolute Gasteiger partial charge is 0.384 e. The van der Waals surface area contributed by atoms with Crippen LogP contribution in [0, 0.1) is 28.1 Å². The highest BCUT2D eigenvalue weighted by Gasteiger charge is 2.45. The molecule has 0 aromatic carbocycles. The van der Waals surface area contributed by atoms with Crippen LogP contribution in [0.25, 0.3) is 0 Å². The first-order valence-electron chi connectivity index (χ1n) is 6.06. The molecule has 0 saturated heterocycles. The smallest absolute Gasteiger partial charge is 0.116 e. The first kappa shape index (κ1) is 12.9. The lowest BCUT2D eigenvalue weighted by molar-refractivity contribution is 0.294. The minimum Gasteiger partial charge on any atom is -0.384 e. The summed E-state index contributed by atoms with van der Waals surface area (Å²) < 4.78 is 0. The Hall–Kier alpha value is -1.59. The fraction of sp³-hybridized carbons (Fsp3) is 0.538. The van der Waals surface area contributed by atoms with E-state index < -0.39 is 5.41 Å². The van der Waals surface area contributed by atoms with Gasteiger partial charge in [-0.3, -0.25) is 0 Å². The molecule has 1 aliphatic carbocycles. The Kier molecular flexibility index (Phi) is 3.54. The fourth-order valence-electron chi connectivity index (χ4n) is 2.98. The van der Waals surface area contributed by atoms with Crippen molar-refractivity contribution in [1.29, 1.82) is 10.5 Å². The summed E-state index contributed by atoms with van der Waals surface area (Å²) >= 11 is 1.48. The number of dihydropyridines is 1. The molecule has 0 atom stereocenters. The molecule has 1 saturated carbocycles. The van der Waals surface area contributed by atoms with E-state index >= 15 is 0 Å². The van der Waals surface area contributed by atoms with Gasteiger partial charge in [-0.1, -0.05) is 19.3 Å². The molecule has 4 nitrogen and oxygen atoms in total. The van der Waals surface area contributed by atoms with Gasteiger partial charge < -0.3 is 11.1 Å². The molecule has 1 fully saturated rings. The van der Waals surface area contributed by atoms with Crippen LogP contribution in [0.5, 0.6) is 0 Å². The van der Waals surface area contributed by atoms with Crippen LogP contribution >= 0.6 is 11.8 Å². The third-order valence-corrected chi connectivity index (χ3v) is 4.55. The Morgan fingerprint density at radius 1 is 1.17 bits per heavy atom. The van der Waals surface area contributed by atoms with Crippen molar-refractivity contribution in [3.63, 3.8) is 0 Å². The molecule has 94 valence electrons. The summed E-state index contributed by atoms with van der Waals surface area (Å²) in [5.74, 6) is 0.419. The minimum absolute atomic E-state index is 0.419. The maximum absolute atomic E-state index is 9.48. The summed E-state index contributed by atoms with van der Waals surface area (Å²) in [6.45, 7) is 0. The van der Waals surface area contributed by atoms with Gasteiger partial charge in [-0.2, -0.15) is 10.5 Å². The molecule has 0 radical (unpaired) electrons. The highest BCUT2D eigenvalue weighted by molar-refractivity contribution is 8.02. The van der Waals surface area contributed by atoms with Crippen LogP contribution in [-0.4, -0.2) is 6.26 Å². The molecule has 0 amide bonds. The third kappa shape index (κ3) is 1.76. The number of rotatable bonds is 1. The number of nitrogens with one attached hydrogen (secondary N) is 1. The summed E-state index contributed by atoms with van der Waals surface area (Å²) in [5.41, 5.74) is 6.78. The van der Waals surface area contributed by atoms with Gasteiger partial charge in [-0.05, 0) is 19.1 Å². The molecule has 2 rings (SSSR count). The lowest BCUT2D eigenvalue weighted by Crippen LogP contribution is -2.39. The number of nitrogens with zero attached hydrogens (tertiary/aromatic N) is 2. The van der Waals surface area contributed by atoms with E-state index in [1.807, 2.05) is 6.26 Å². The standard InChI is InChI=1S/C13H16N4S/c1-18-12-10(8-15)13(5-3-2-4-6-13)9(7-14)11(16)17-12/h17H,2-6,16H2,1H3. The van der Waals surface area contributed by atoms with Crippen molar-refractivity contribution in [3.05, 3.63) is 22.0 Å². The molecule has 0 unspecified atom stereocenters. The zero-order valence-electron chi connectivity index (χ0n) is 10.4. The van der Waals surface area contributed by atoms with Crippen molar-refractivity contribution < 1.29 is 0 Å². The van der Waals surface area contributed by atoms with Crippen molar-refractivity contribution in [2.45, 2.75) is 32.1 Å². The lowest BCUT2D eigenvalue weighted by atomic mass is 9.64. The molecule has 18 heavy (non-hydrogen) atoms. The second-order valence-electron chi connectivity index (χ2n) is 4.69. The van der Waals surface area contributed by atoms with Gasteiger partial charge in [0, 0.05) is 5.41 Å². The highest BCUT2D eigenvalue weighted by Crippen LogP contribution is 2.51. The molecule has 5 heteroatoms. The number of nitrogens with two attached hydrogens (primary N) is 1. The number of allylic oxidation sites excluding steroid dienone is 2. The second-order valence-corrected chi connectivity index (χ2v) is 5.50. The summed E-state index contributed by atoms with van der Waals surface area (Å²) in [5, 5.41) is 22.7. The number of hydrogen-bond acceptors (Lipinski definition) is 5. The SMILES string of the molecule is CSC1=C(C#N)C2(CCCCC2)C(C#N)=C(N)N1. The predicted octanol–water partition coefficient (Wildman–Crippen LogP) is 2.33. The number of nitriles is 2. The van der Waals surface area contributed by atoms with Gasteiger partial charge >= 0.3 is 0 Å². The average Bonchev–Trinajstić information content (AvgIpc) is 2.39. The van der Waals surface area contributed by atoms with E-state index in [0.717, 1.165) is 30.7 Å². The third-order valence-electron chi connectivity index (χ3n) is 3.84. The van der Waals surface area contributed by atoms with Gasteiger partial charge in [0.25, 0.3) is 0 Å². The highest BCUT2D eigenvalue weighted by atomic mass is 32.2. The minimum atomic E-state index is -0.435. The molecule has 2 aliphatic rings. The van der Waals surface area contributed by atoms with Gasteiger partial charge in [-0.25, -0.2) is 0 Å². The Bertz CT molecular complexity index is 498. The maximum Gasteiger partial charge on any atom is 0.116 e. The van der Waals surface area contributed by atoms with Gasteiger partial charge in [0.05, 0.1) is 28.3 Å². The zero-order chi connectivity index (χ0) is 13.2. The summed E-state index contributed by atoms with van der Waals surface area (Å²) in [6.07, 6.45) is 6.88. The Morgan fingerprint density at radius 3 is 2.28 bits per heavy atom. The van der Waals surface area contributed by atoms with E-state index in [1.165, 1.54) is 18.2 Å². The molecule has 3 N–H and O–H groups in total. The van der Waals surface area contributed by atoms with E-state index in [-0.39, 0.29) is 0 Å². The Balaban J connectivity index is 2.60.